The molecule has 0 bridgehead atoms. The fraction of sp³-hybridized carbons (Fsp3) is 0.467. The van der Waals surface area contributed by atoms with Crippen LogP contribution in [0.5, 0.6) is 5.75 Å². The standard InChI is InChI=1S/C15H19NO2/c1-10-6-11-7-13(4-5-15(11)17-10)18-14-8-12(9-14)16(2)3/h4-7,12,14H,8-9H2,1-3H3. The third-order valence-electron chi connectivity index (χ3n) is 3.71. The van der Waals surface area contributed by atoms with E-state index in [4.69, 9.17) is 9.15 Å². The lowest BCUT2D eigenvalue weighted by atomic mass is 9.88. The van der Waals surface area contributed by atoms with Gasteiger partial charge in [0.1, 0.15) is 23.2 Å². The van der Waals surface area contributed by atoms with Gasteiger partial charge in [0, 0.05) is 11.4 Å². The molecular formula is C15H19NO2. The van der Waals surface area contributed by atoms with Crippen LogP contribution in [-0.2, 0) is 0 Å². The van der Waals surface area contributed by atoms with Gasteiger partial charge in [0.15, 0.2) is 0 Å². The lowest BCUT2D eigenvalue weighted by Crippen LogP contribution is -2.46. The first-order chi connectivity index (χ1) is 8.61. The van der Waals surface area contributed by atoms with Gasteiger partial charge < -0.3 is 14.1 Å². The van der Waals surface area contributed by atoms with Gasteiger partial charge in [-0.3, -0.25) is 0 Å². The van der Waals surface area contributed by atoms with Gasteiger partial charge in [0.2, 0.25) is 0 Å². The molecule has 1 fully saturated rings. The van der Waals surface area contributed by atoms with Gasteiger partial charge in [-0.25, -0.2) is 0 Å². The Balaban J connectivity index is 1.68. The molecule has 3 nitrogen and oxygen atoms in total. The van der Waals surface area contributed by atoms with E-state index in [0.29, 0.717) is 12.1 Å². The molecule has 1 saturated carbocycles. The average Bonchev–Trinajstić information content (AvgIpc) is 2.61. The average molecular weight is 245 g/mol. The second kappa shape index (κ2) is 4.32. The zero-order chi connectivity index (χ0) is 12.7. The highest BCUT2D eigenvalue weighted by atomic mass is 16.5. The summed E-state index contributed by atoms with van der Waals surface area (Å²) in [7, 11) is 4.25. The van der Waals surface area contributed by atoms with Crippen molar-refractivity contribution < 1.29 is 9.15 Å². The van der Waals surface area contributed by atoms with E-state index in [0.717, 1.165) is 35.3 Å². The van der Waals surface area contributed by atoms with E-state index in [1.54, 1.807) is 0 Å². The third-order valence-corrected chi connectivity index (χ3v) is 3.71. The van der Waals surface area contributed by atoms with Crippen molar-refractivity contribution in [2.45, 2.75) is 31.9 Å². The summed E-state index contributed by atoms with van der Waals surface area (Å²) in [6, 6.07) is 8.77. The summed E-state index contributed by atoms with van der Waals surface area (Å²) in [5.74, 6) is 1.89. The molecule has 1 aliphatic carbocycles. The topological polar surface area (TPSA) is 25.6 Å². The largest absolute Gasteiger partial charge is 0.490 e. The Morgan fingerprint density at radius 3 is 2.72 bits per heavy atom. The van der Waals surface area contributed by atoms with Crippen LogP contribution < -0.4 is 4.74 Å². The predicted molar refractivity (Wildman–Crippen MR) is 72.1 cm³/mol. The predicted octanol–water partition coefficient (Wildman–Crippen LogP) is 3.21. The van der Waals surface area contributed by atoms with Crippen LogP contribution in [0.2, 0.25) is 0 Å². The molecule has 1 aromatic carbocycles. The minimum atomic E-state index is 0.364. The van der Waals surface area contributed by atoms with Crippen molar-refractivity contribution in [3.05, 3.63) is 30.0 Å². The number of fused-ring (bicyclic) bond motifs is 1. The maximum absolute atomic E-state index is 5.98. The Bertz CT molecular complexity index is 553. The summed E-state index contributed by atoms with van der Waals surface area (Å²) < 4.78 is 11.5. The normalized spacial score (nSPS) is 23.3. The molecule has 0 radical (unpaired) electrons. The number of furan rings is 1. The van der Waals surface area contributed by atoms with Crippen LogP contribution in [0.3, 0.4) is 0 Å². The lowest BCUT2D eigenvalue weighted by Gasteiger charge is -2.39. The molecule has 1 aliphatic rings. The highest BCUT2D eigenvalue weighted by Crippen LogP contribution is 2.30. The van der Waals surface area contributed by atoms with Crippen LogP contribution in [0.25, 0.3) is 11.0 Å². The summed E-state index contributed by atoms with van der Waals surface area (Å²) in [6.07, 6.45) is 2.60. The molecule has 3 rings (SSSR count). The van der Waals surface area contributed by atoms with E-state index in [2.05, 4.69) is 25.1 Å². The van der Waals surface area contributed by atoms with Gasteiger partial charge in [-0.1, -0.05) is 0 Å². The molecule has 1 aromatic heterocycles. The van der Waals surface area contributed by atoms with Crippen LogP contribution in [0.4, 0.5) is 0 Å². The van der Waals surface area contributed by atoms with Crippen LogP contribution >= 0.6 is 0 Å². The monoisotopic (exact) mass is 245 g/mol. The maximum atomic E-state index is 5.98. The summed E-state index contributed by atoms with van der Waals surface area (Å²) in [5, 5.41) is 1.12. The van der Waals surface area contributed by atoms with Crippen molar-refractivity contribution in [3.8, 4) is 5.75 Å². The molecule has 0 amide bonds. The molecule has 0 spiro atoms. The zero-order valence-corrected chi connectivity index (χ0v) is 11.1. The Hall–Kier alpha value is -1.48. The minimum Gasteiger partial charge on any atom is -0.490 e. The molecule has 3 heteroatoms. The Kier molecular flexibility index (Phi) is 2.78. The van der Waals surface area contributed by atoms with Crippen LogP contribution in [0.15, 0.2) is 28.7 Å². The van der Waals surface area contributed by atoms with E-state index in [1.165, 1.54) is 0 Å². The summed E-state index contributed by atoms with van der Waals surface area (Å²) in [4.78, 5) is 2.27. The van der Waals surface area contributed by atoms with Gasteiger partial charge in [0.05, 0.1) is 0 Å². The number of ether oxygens (including phenoxy) is 1. The summed E-state index contributed by atoms with van der Waals surface area (Å²) in [6.45, 7) is 1.97. The SMILES string of the molecule is Cc1cc2cc(OC3CC(N(C)C)C3)ccc2o1. The lowest BCUT2D eigenvalue weighted by molar-refractivity contribution is 0.0402. The quantitative estimate of drug-likeness (QED) is 0.830. The van der Waals surface area contributed by atoms with Gasteiger partial charge in [-0.15, -0.1) is 0 Å². The van der Waals surface area contributed by atoms with Crippen molar-refractivity contribution in [1.29, 1.82) is 0 Å². The second-order valence-electron chi connectivity index (χ2n) is 5.39. The Morgan fingerprint density at radius 2 is 2.00 bits per heavy atom. The van der Waals surface area contributed by atoms with E-state index in [1.807, 2.05) is 25.1 Å². The van der Waals surface area contributed by atoms with Crippen molar-refractivity contribution >= 4 is 11.0 Å². The molecular weight excluding hydrogens is 226 g/mol. The maximum Gasteiger partial charge on any atom is 0.134 e. The molecule has 2 aromatic rings. The molecule has 0 N–H and O–H groups in total. The molecule has 96 valence electrons. The summed E-state index contributed by atoms with van der Waals surface area (Å²) in [5.41, 5.74) is 0.930. The fourth-order valence-electron chi connectivity index (χ4n) is 2.48. The molecule has 0 atom stereocenters. The number of aryl methyl sites for hydroxylation is 1. The van der Waals surface area contributed by atoms with E-state index in [-0.39, 0.29) is 0 Å². The fourth-order valence-corrected chi connectivity index (χ4v) is 2.48. The smallest absolute Gasteiger partial charge is 0.134 e. The number of rotatable bonds is 3. The highest BCUT2D eigenvalue weighted by molar-refractivity contribution is 5.79. The Morgan fingerprint density at radius 1 is 1.22 bits per heavy atom. The van der Waals surface area contributed by atoms with E-state index >= 15 is 0 Å². The molecule has 0 unspecified atom stereocenters. The second-order valence-corrected chi connectivity index (χ2v) is 5.39. The first kappa shape index (κ1) is 11.6. The number of nitrogens with zero attached hydrogens (tertiary/aromatic N) is 1. The van der Waals surface area contributed by atoms with Crippen molar-refractivity contribution in [2.75, 3.05) is 14.1 Å². The van der Waals surface area contributed by atoms with Crippen LogP contribution in [-0.4, -0.2) is 31.1 Å². The van der Waals surface area contributed by atoms with E-state index < -0.39 is 0 Å². The highest BCUT2D eigenvalue weighted by Gasteiger charge is 2.32. The third kappa shape index (κ3) is 2.10. The molecule has 1 heterocycles. The Labute approximate surface area is 107 Å². The van der Waals surface area contributed by atoms with Crippen LogP contribution in [0.1, 0.15) is 18.6 Å². The number of benzene rings is 1. The number of hydrogen-bond donors (Lipinski definition) is 0. The van der Waals surface area contributed by atoms with Gasteiger partial charge in [0.25, 0.3) is 0 Å². The first-order valence-corrected chi connectivity index (χ1v) is 6.45. The van der Waals surface area contributed by atoms with Gasteiger partial charge >= 0.3 is 0 Å². The molecule has 0 saturated heterocycles. The molecule has 18 heavy (non-hydrogen) atoms. The summed E-state index contributed by atoms with van der Waals surface area (Å²) >= 11 is 0. The van der Waals surface area contributed by atoms with Gasteiger partial charge in [-0.2, -0.15) is 0 Å². The first-order valence-electron chi connectivity index (χ1n) is 6.45. The molecule has 0 aliphatic heterocycles. The van der Waals surface area contributed by atoms with Gasteiger partial charge in [-0.05, 0) is 58.1 Å². The van der Waals surface area contributed by atoms with E-state index in [9.17, 15) is 0 Å². The van der Waals surface area contributed by atoms with Crippen molar-refractivity contribution in [1.82, 2.24) is 4.90 Å². The van der Waals surface area contributed by atoms with Crippen molar-refractivity contribution in [2.24, 2.45) is 0 Å². The zero-order valence-electron chi connectivity index (χ0n) is 11.1. The van der Waals surface area contributed by atoms with Crippen LogP contribution in [0, 0.1) is 6.92 Å². The van der Waals surface area contributed by atoms with Crippen molar-refractivity contribution in [3.63, 3.8) is 0 Å². The number of hydrogen-bond acceptors (Lipinski definition) is 3. The minimum absolute atomic E-state index is 0.364.